The summed E-state index contributed by atoms with van der Waals surface area (Å²) < 4.78 is 31.7. The molecule has 94 valence electrons. The Hall–Kier alpha value is -1.20. The first kappa shape index (κ1) is 13.9. The van der Waals surface area contributed by atoms with Crippen LogP contribution in [0.1, 0.15) is 12.5 Å². The normalized spacial score (nSPS) is 13.2. The van der Waals surface area contributed by atoms with Gasteiger partial charge in [0.05, 0.1) is 6.61 Å². The van der Waals surface area contributed by atoms with Crippen molar-refractivity contribution >= 4 is 17.6 Å². The van der Waals surface area contributed by atoms with Crippen molar-refractivity contribution in [2.75, 3.05) is 6.61 Å². The lowest BCUT2D eigenvalue weighted by molar-refractivity contribution is -0.178. The van der Waals surface area contributed by atoms with E-state index in [-0.39, 0.29) is 11.6 Å². The highest BCUT2D eigenvalue weighted by atomic mass is 35.5. The fourth-order valence-corrected chi connectivity index (χ4v) is 1.33. The molecule has 0 unspecified atom stereocenters. The number of alkyl halides is 2. The van der Waals surface area contributed by atoms with Gasteiger partial charge in [0.15, 0.2) is 0 Å². The lowest BCUT2D eigenvalue weighted by atomic mass is 10.0. The standard InChI is InChI=1S/C11H11ClF2O3/c1-2-17-10(16)9(15)11(13,14)7-3-5-8(12)6-4-7/h3-6,9,15H,2H2,1H3/t9-/m0/s1. The molecule has 1 atom stereocenters. The van der Waals surface area contributed by atoms with Gasteiger partial charge in [-0.05, 0) is 19.1 Å². The molecule has 0 radical (unpaired) electrons. The van der Waals surface area contributed by atoms with E-state index in [1.54, 1.807) is 0 Å². The summed E-state index contributed by atoms with van der Waals surface area (Å²) >= 11 is 5.55. The van der Waals surface area contributed by atoms with Crippen LogP contribution in [0.4, 0.5) is 8.78 Å². The zero-order chi connectivity index (χ0) is 13.1. The van der Waals surface area contributed by atoms with Crippen LogP contribution in [-0.2, 0) is 15.5 Å². The van der Waals surface area contributed by atoms with Gasteiger partial charge >= 0.3 is 11.9 Å². The molecule has 3 nitrogen and oxygen atoms in total. The van der Waals surface area contributed by atoms with E-state index in [1.165, 1.54) is 19.1 Å². The van der Waals surface area contributed by atoms with Crippen molar-refractivity contribution in [2.45, 2.75) is 19.0 Å². The fraction of sp³-hybridized carbons (Fsp3) is 0.364. The van der Waals surface area contributed by atoms with E-state index < -0.39 is 23.6 Å². The Labute approximate surface area is 102 Å². The first-order valence-corrected chi connectivity index (χ1v) is 5.26. The van der Waals surface area contributed by atoms with Gasteiger partial charge in [-0.1, -0.05) is 23.7 Å². The second-order valence-corrected chi connectivity index (χ2v) is 3.72. The zero-order valence-electron chi connectivity index (χ0n) is 8.99. The molecule has 1 rings (SSSR count). The van der Waals surface area contributed by atoms with Crippen LogP contribution in [-0.4, -0.2) is 23.8 Å². The third-order valence-corrected chi connectivity index (χ3v) is 2.33. The van der Waals surface area contributed by atoms with Gasteiger partial charge in [-0.2, -0.15) is 8.78 Å². The summed E-state index contributed by atoms with van der Waals surface area (Å²) in [7, 11) is 0. The third-order valence-electron chi connectivity index (χ3n) is 2.08. The maximum absolute atomic E-state index is 13.7. The number of hydrogen-bond acceptors (Lipinski definition) is 3. The number of ether oxygens (including phenoxy) is 1. The van der Waals surface area contributed by atoms with E-state index in [0.717, 1.165) is 12.1 Å². The highest BCUT2D eigenvalue weighted by Crippen LogP contribution is 2.33. The van der Waals surface area contributed by atoms with Crippen molar-refractivity contribution in [3.05, 3.63) is 34.9 Å². The Morgan fingerprint density at radius 2 is 2.00 bits per heavy atom. The summed E-state index contributed by atoms with van der Waals surface area (Å²) in [4.78, 5) is 11.1. The van der Waals surface area contributed by atoms with Crippen molar-refractivity contribution in [1.29, 1.82) is 0 Å². The summed E-state index contributed by atoms with van der Waals surface area (Å²) in [6.45, 7) is 1.39. The van der Waals surface area contributed by atoms with Crippen molar-refractivity contribution in [3.8, 4) is 0 Å². The molecular weight excluding hydrogens is 254 g/mol. The molecule has 17 heavy (non-hydrogen) atoms. The van der Waals surface area contributed by atoms with Crippen LogP contribution in [0, 0.1) is 0 Å². The average molecular weight is 265 g/mol. The molecule has 1 aromatic carbocycles. The third kappa shape index (κ3) is 3.14. The van der Waals surface area contributed by atoms with Crippen LogP contribution in [0.3, 0.4) is 0 Å². The number of aliphatic hydroxyl groups excluding tert-OH is 1. The Bertz CT molecular complexity index is 392. The zero-order valence-corrected chi connectivity index (χ0v) is 9.75. The molecule has 1 N–H and O–H groups in total. The maximum atomic E-state index is 13.7. The minimum Gasteiger partial charge on any atom is -0.464 e. The van der Waals surface area contributed by atoms with Gasteiger partial charge in [0.25, 0.3) is 0 Å². The number of esters is 1. The van der Waals surface area contributed by atoms with Gasteiger partial charge in [0.2, 0.25) is 6.10 Å². The molecule has 0 spiro atoms. The maximum Gasteiger partial charge on any atom is 0.341 e. The van der Waals surface area contributed by atoms with Crippen LogP contribution in [0.2, 0.25) is 5.02 Å². The Balaban J connectivity index is 2.93. The van der Waals surface area contributed by atoms with Crippen LogP contribution >= 0.6 is 11.6 Å². The number of carbonyl (C=O) groups is 1. The molecule has 0 heterocycles. The molecular formula is C11H11ClF2O3. The molecule has 0 amide bonds. The minimum atomic E-state index is -3.71. The molecule has 0 aliphatic carbocycles. The molecule has 0 saturated carbocycles. The Morgan fingerprint density at radius 3 is 2.47 bits per heavy atom. The average Bonchev–Trinajstić information content (AvgIpc) is 2.29. The van der Waals surface area contributed by atoms with E-state index in [1.807, 2.05) is 0 Å². The Morgan fingerprint density at radius 1 is 1.47 bits per heavy atom. The number of benzene rings is 1. The molecule has 0 aliphatic rings. The SMILES string of the molecule is CCOC(=O)[C@H](O)C(F)(F)c1ccc(Cl)cc1. The second kappa shape index (κ2) is 5.42. The van der Waals surface area contributed by atoms with E-state index >= 15 is 0 Å². The van der Waals surface area contributed by atoms with Crippen molar-refractivity contribution in [3.63, 3.8) is 0 Å². The monoisotopic (exact) mass is 264 g/mol. The second-order valence-electron chi connectivity index (χ2n) is 3.28. The number of rotatable bonds is 4. The lowest BCUT2D eigenvalue weighted by Gasteiger charge is -2.21. The molecule has 0 bridgehead atoms. The van der Waals surface area contributed by atoms with Gasteiger partial charge in [0, 0.05) is 10.6 Å². The smallest absolute Gasteiger partial charge is 0.341 e. The van der Waals surface area contributed by atoms with Crippen LogP contribution in [0.5, 0.6) is 0 Å². The quantitative estimate of drug-likeness (QED) is 0.849. The molecule has 6 heteroatoms. The summed E-state index contributed by atoms with van der Waals surface area (Å²) in [5.74, 6) is -5.07. The van der Waals surface area contributed by atoms with Crippen molar-refractivity contribution in [2.24, 2.45) is 0 Å². The molecule has 0 saturated heterocycles. The summed E-state index contributed by atoms with van der Waals surface area (Å²) in [6, 6.07) is 4.60. The molecule has 0 aliphatic heterocycles. The number of aliphatic hydroxyl groups is 1. The minimum absolute atomic E-state index is 0.0768. The number of halogens is 3. The predicted molar refractivity (Wildman–Crippen MR) is 58.0 cm³/mol. The van der Waals surface area contributed by atoms with Crippen LogP contribution < -0.4 is 0 Å². The molecule has 1 aromatic rings. The van der Waals surface area contributed by atoms with E-state index in [9.17, 15) is 18.7 Å². The van der Waals surface area contributed by atoms with E-state index in [4.69, 9.17) is 11.6 Å². The van der Waals surface area contributed by atoms with Gasteiger partial charge < -0.3 is 9.84 Å². The topological polar surface area (TPSA) is 46.5 Å². The lowest BCUT2D eigenvalue weighted by Crippen LogP contribution is -2.39. The van der Waals surface area contributed by atoms with Gasteiger partial charge in [-0.15, -0.1) is 0 Å². The van der Waals surface area contributed by atoms with Crippen LogP contribution in [0.15, 0.2) is 24.3 Å². The van der Waals surface area contributed by atoms with Crippen LogP contribution in [0.25, 0.3) is 0 Å². The van der Waals surface area contributed by atoms with Gasteiger partial charge in [0.1, 0.15) is 0 Å². The largest absolute Gasteiger partial charge is 0.464 e. The predicted octanol–water partition coefficient (Wildman–Crippen LogP) is 2.36. The van der Waals surface area contributed by atoms with Crippen molar-refractivity contribution in [1.82, 2.24) is 0 Å². The highest BCUT2D eigenvalue weighted by Gasteiger charge is 2.45. The fourth-order valence-electron chi connectivity index (χ4n) is 1.20. The number of carbonyl (C=O) groups excluding carboxylic acids is 1. The van der Waals surface area contributed by atoms with Gasteiger partial charge in [-0.25, -0.2) is 4.79 Å². The summed E-state index contributed by atoms with van der Waals surface area (Å²) in [5.41, 5.74) is -0.498. The summed E-state index contributed by atoms with van der Waals surface area (Å²) in [5, 5.41) is 9.53. The highest BCUT2D eigenvalue weighted by molar-refractivity contribution is 6.30. The van der Waals surface area contributed by atoms with E-state index in [2.05, 4.69) is 4.74 Å². The first-order valence-electron chi connectivity index (χ1n) is 4.88. The Kier molecular flexibility index (Phi) is 4.42. The van der Waals surface area contributed by atoms with Crippen molar-refractivity contribution < 1.29 is 23.4 Å². The first-order chi connectivity index (χ1) is 7.89. The van der Waals surface area contributed by atoms with E-state index in [0.29, 0.717) is 0 Å². The number of hydrogen-bond donors (Lipinski definition) is 1. The molecule has 0 fully saturated rings. The van der Waals surface area contributed by atoms with Gasteiger partial charge in [-0.3, -0.25) is 0 Å². The molecule has 0 aromatic heterocycles. The summed E-state index contributed by atoms with van der Waals surface area (Å²) in [6.07, 6.45) is -2.52.